The van der Waals surface area contributed by atoms with Crippen LogP contribution in [0, 0.1) is 0 Å². The molecule has 2 heterocycles. The number of nitrogens with zero attached hydrogens (tertiary/aromatic N) is 3. The number of hydrogen-bond donors (Lipinski definition) is 1. The van der Waals surface area contributed by atoms with Crippen molar-refractivity contribution >= 4 is 17.3 Å². The largest absolute Gasteiger partial charge is 0.497 e. The van der Waals surface area contributed by atoms with Crippen molar-refractivity contribution in [1.29, 1.82) is 0 Å². The molecule has 2 aliphatic rings. The van der Waals surface area contributed by atoms with Gasteiger partial charge in [-0.15, -0.1) is 0 Å². The van der Waals surface area contributed by atoms with Crippen LogP contribution in [0.15, 0.2) is 96.3 Å². The number of allylic oxidation sites excluding steroid dienone is 4. The van der Waals surface area contributed by atoms with Gasteiger partial charge in [-0.1, -0.05) is 25.6 Å². The first-order valence-electron chi connectivity index (χ1n) is 12.6. The van der Waals surface area contributed by atoms with E-state index in [0.717, 1.165) is 43.1 Å². The van der Waals surface area contributed by atoms with E-state index in [9.17, 15) is 9.18 Å². The summed E-state index contributed by atoms with van der Waals surface area (Å²) in [5.41, 5.74) is 4.82. The fraction of sp³-hybridized carbons (Fsp3) is 0.300. The van der Waals surface area contributed by atoms with E-state index in [1.165, 1.54) is 22.4 Å². The molecule has 1 saturated heterocycles. The van der Waals surface area contributed by atoms with E-state index < -0.39 is 5.83 Å². The minimum atomic E-state index is -0.447. The van der Waals surface area contributed by atoms with Gasteiger partial charge in [-0.3, -0.25) is 4.79 Å². The Bertz CT molecular complexity index is 1210. The number of rotatable bonds is 8. The summed E-state index contributed by atoms with van der Waals surface area (Å²) in [6.45, 7) is 11.8. The van der Waals surface area contributed by atoms with Crippen LogP contribution >= 0.6 is 0 Å². The second-order valence-corrected chi connectivity index (χ2v) is 9.18. The standard InChI is InChI=1S/C30H35FN4O2/c1-5-22(2)29(35-16-6-7-28(31)23(35)3)30(36)32-21-24-8-10-25(11-9-24)33-17-19-34(20-18-33)26-12-14-27(37-4)15-13-26/h6-16H,3,5,17-21H2,1-2,4H3,(H,32,36)/b29-22+. The zero-order chi connectivity index (χ0) is 26.4. The Morgan fingerprint density at radius 2 is 1.57 bits per heavy atom. The van der Waals surface area contributed by atoms with Gasteiger partial charge >= 0.3 is 0 Å². The van der Waals surface area contributed by atoms with E-state index in [0.29, 0.717) is 18.7 Å². The first-order valence-corrected chi connectivity index (χ1v) is 12.6. The van der Waals surface area contributed by atoms with E-state index in [2.05, 4.69) is 46.0 Å². The van der Waals surface area contributed by atoms with Gasteiger partial charge in [0.1, 0.15) is 17.3 Å². The molecule has 1 fully saturated rings. The Labute approximate surface area is 219 Å². The Morgan fingerprint density at radius 3 is 2.11 bits per heavy atom. The molecular weight excluding hydrogens is 467 g/mol. The summed E-state index contributed by atoms with van der Waals surface area (Å²) in [5, 5.41) is 2.99. The first-order chi connectivity index (χ1) is 17.9. The van der Waals surface area contributed by atoms with Crippen molar-refractivity contribution in [2.24, 2.45) is 0 Å². The van der Waals surface area contributed by atoms with Gasteiger partial charge in [0.15, 0.2) is 0 Å². The van der Waals surface area contributed by atoms with Crippen molar-refractivity contribution in [2.45, 2.75) is 26.8 Å². The predicted octanol–water partition coefficient (Wildman–Crippen LogP) is 5.52. The van der Waals surface area contributed by atoms with Gasteiger partial charge in [0.05, 0.1) is 12.8 Å². The molecule has 0 radical (unpaired) electrons. The number of carbonyl (C=O) groups excluding carboxylic acids is 1. The SMILES string of the molecule is C=C1C(F)=CC=CN1/C(C(=O)NCc1ccc(N2CCN(c3ccc(OC)cc3)CC2)cc1)=C(\C)CC. The lowest BCUT2D eigenvalue weighted by atomic mass is 10.1. The summed E-state index contributed by atoms with van der Waals surface area (Å²) >= 11 is 0. The van der Waals surface area contributed by atoms with Gasteiger partial charge in [-0.2, -0.15) is 0 Å². The Hall–Kier alpha value is -4.00. The maximum absolute atomic E-state index is 14.1. The van der Waals surface area contributed by atoms with Crippen molar-refractivity contribution in [3.05, 3.63) is 102 Å². The highest BCUT2D eigenvalue weighted by molar-refractivity contribution is 5.94. The number of ether oxygens (including phenoxy) is 1. The van der Waals surface area contributed by atoms with Crippen molar-refractivity contribution in [3.63, 3.8) is 0 Å². The summed E-state index contributed by atoms with van der Waals surface area (Å²) in [7, 11) is 1.68. The van der Waals surface area contributed by atoms with Crippen LogP contribution in [0.1, 0.15) is 25.8 Å². The van der Waals surface area contributed by atoms with Gasteiger partial charge in [0, 0.05) is 50.3 Å². The molecular formula is C30H35FN4O2. The van der Waals surface area contributed by atoms with Gasteiger partial charge in [-0.05, 0) is 73.0 Å². The average molecular weight is 503 g/mol. The van der Waals surface area contributed by atoms with Crippen LogP contribution in [-0.4, -0.2) is 44.1 Å². The molecule has 2 aromatic rings. The fourth-order valence-electron chi connectivity index (χ4n) is 4.51. The molecule has 1 amide bonds. The van der Waals surface area contributed by atoms with Gasteiger partial charge in [0.25, 0.3) is 5.91 Å². The zero-order valence-corrected chi connectivity index (χ0v) is 21.8. The second kappa shape index (κ2) is 11.8. The third-order valence-electron chi connectivity index (χ3n) is 6.91. The lowest BCUT2D eigenvalue weighted by Crippen LogP contribution is -2.46. The number of anilines is 2. The molecule has 37 heavy (non-hydrogen) atoms. The Kier molecular flexibility index (Phi) is 8.33. The van der Waals surface area contributed by atoms with Crippen LogP contribution < -0.4 is 19.9 Å². The molecule has 0 unspecified atom stereocenters. The minimum Gasteiger partial charge on any atom is -0.497 e. The summed E-state index contributed by atoms with van der Waals surface area (Å²) in [5.74, 6) is 0.168. The molecule has 7 heteroatoms. The first kappa shape index (κ1) is 26.1. The number of carbonyl (C=O) groups is 1. The number of nitrogens with one attached hydrogen (secondary N) is 1. The topological polar surface area (TPSA) is 48.1 Å². The molecule has 0 atom stereocenters. The quantitative estimate of drug-likeness (QED) is 0.482. The van der Waals surface area contributed by atoms with Crippen LogP contribution in [0.5, 0.6) is 5.75 Å². The lowest BCUT2D eigenvalue weighted by molar-refractivity contribution is -0.118. The van der Waals surface area contributed by atoms with E-state index in [1.807, 2.05) is 38.1 Å². The zero-order valence-electron chi connectivity index (χ0n) is 21.8. The molecule has 6 nitrogen and oxygen atoms in total. The van der Waals surface area contributed by atoms with E-state index in [1.54, 1.807) is 19.4 Å². The highest BCUT2D eigenvalue weighted by atomic mass is 19.1. The fourth-order valence-corrected chi connectivity index (χ4v) is 4.51. The second-order valence-electron chi connectivity index (χ2n) is 9.18. The number of benzene rings is 2. The van der Waals surface area contributed by atoms with Crippen LogP contribution in [-0.2, 0) is 11.3 Å². The van der Waals surface area contributed by atoms with Crippen molar-refractivity contribution in [1.82, 2.24) is 10.2 Å². The Balaban J connectivity index is 1.33. The van der Waals surface area contributed by atoms with Crippen molar-refractivity contribution < 1.29 is 13.9 Å². The summed E-state index contributed by atoms with van der Waals surface area (Å²) in [4.78, 5) is 19.4. The molecule has 2 aliphatic heterocycles. The molecule has 0 aromatic heterocycles. The molecule has 4 rings (SSSR count). The summed E-state index contributed by atoms with van der Waals surface area (Å²) in [6.07, 6.45) is 5.26. The van der Waals surface area contributed by atoms with Crippen molar-refractivity contribution in [3.8, 4) is 5.75 Å². The third-order valence-corrected chi connectivity index (χ3v) is 6.91. The van der Waals surface area contributed by atoms with Gasteiger partial charge in [0.2, 0.25) is 0 Å². The minimum absolute atomic E-state index is 0.164. The van der Waals surface area contributed by atoms with E-state index in [4.69, 9.17) is 4.74 Å². The molecule has 194 valence electrons. The molecule has 0 spiro atoms. The monoisotopic (exact) mass is 502 g/mol. The molecule has 0 saturated carbocycles. The highest BCUT2D eigenvalue weighted by Gasteiger charge is 2.24. The predicted molar refractivity (Wildman–Crippen MR) is 148 cm³/mol. The maximum atomic E-state index is 14.1. The average Bonchev–Trinajstić information content (AvgIpc) is 2.94. The van der Waals surface area contributed by atoms with Gasteiger partial charge in [-0.25, -0.2) is 4.39 Å². The molecule has 0 aliphatic carbocycles. The van der Waals surface area contributed by atoms with Crippen LogP contribution in [0.4, 0.5) is 15.8 Å². The summed E-state index contributed by atoms with van der Waals surface area (Å²) < 4.78 is 19.4. The third kappa shape index (κ3) is 6.05. The highest BCUT2D eigenvalue weighted by Crippen LogP contribution is 2.27. The number of piperazine rings is 1. The van der Waals surface area contributed by atoms with Crippen LogP contribution in [0.2, 0.25) is 0 Å². The normalized spacial score (nSPS) is 16.4. The van der Waals surface area contributed by atoms with Crippen LogP contribution in [0.3, 0.4) is 0 Å². The number of halogens is 1. The number of hydrogen-bond acceptors (Lipinski definition) is 5. The number of amides is 1. The number of methoxy groups -OCH3 is 1. The molecule has 2 aromatic carbocycles. The summed E-state index contributed by atoms with van der Waals surface area (Å²) in [6, 6.07) is 16.5. The smallest absolute Gasteiger partial charge is 0.268 e. The van der Waals surface area contributed by atoms with Crippen LogP contribution in [0.25, 0.3) is 0 Å². The van der Waals surface area contributed by atoms with E-state index >= 15 is 0 Å². The van der Waals surface area contributed by atoms with Gasteiger partial charge < -0.3 is 24.8 Å². The maximum Gasteiger partial charge on any atom is 0.268 e. The van der Waals surface area contributed by atoms with E-state index in [-0.39, 0.29) is 11.6 Å². The Morgan fingerprint density at radius 1 is 1.00 bits per heavy atom. The molecule has 0 bridgehead atoms. The molecule has 1 N–H and O–H groups in total. The van der Waals surface area contributed by atoms with Crippen molar-refractivity contribution in [2.75, 3.05) is 43.1 Å². The lowest BCUT2D eigenvalue weighted by Gasteiger charge is -2.37.